The number of phenols is 1. The fraction of sp³-hybridized carbons (Fsp3) is 0.647. The van der Waals surface area contributed by atoms with Crippen molar-refractivity contribution >= 4 is 0 Å². The van der Waals surface area contributed by atoms with E-state index in [1.165, 1.54) is 45.3 Å². The number of ether oxygens (including phenoxy) is 1. The van der Waals surface area contributed by atoms with Crippen molar-refractivity contribution in [1.29, 1.82) is 0 Å². The van der Waals surface area contributed by atoms with Crippen LogP contribution >= 0.6 is 0 Å². The van der Waals surface area contributed by atoms with E-state index >= 15 is 0 Å². The van der Waals surface area contributed by atoms with E-state index in [9.17, 15) is 5.11 Å². The number of nitrogens with zero attached hydrogens (tertiary/aromatic N) is 1. The molecule has 0 aliphatic carbocycles. The van der Waals surface area contributed by atoms with Crippen LogP contribution in [0, 0.1) is 0 Å². The van der Waals surface area contributed by atoms with Gasteiger partial charge in [0, 0.05) is 24.2 Å². The summed E-state index contributed by atoms with van der Waals surface area (Å²) in [5.41, 5.74) is 0.934. The van der Waals surface area contributed by atoms with Crippen LogP contribution in [-0.2, 0) is 6.54 Å². The number of unbranched alkanes of at least 4 members (excludes halogenated alkanes) is 1. The van der Waals surface area contributed by atoms with Crippen molar-refractivity contribution in [3.63, 3.8) is 0 Å². The average Bonchev–Trinajstić information content (AvgIpc) is 2.52. The molecule has 0 amide bonds. The predicted octanol–water partition coefficient (Wildman–Crippen LogP) is 2.75. The van der Waals surface area contributed by atoms with Crippen molar-refractivity contribution in [3.8, 4) is 11.5 Å². The third-order valence-corrected chi connectivity index (χ3v) is 4.29. The van der Waals surface area contributed by atoms with E-state index in [1.807, 2.05) is 12.1 Å². The molecule has 118 valence electrons. The molecule has 21 heavy (non-hydrogen) atoms. The van der Waals surface area contributed by atoms with Crippen LogP contribution < -0.4 is 10.1 Å². The van der Waals surface area contributed by atoms with Crippen LogP contribution in [0.1, 0.15) is 38.2 Å². The quantitative estimate of drug-likeness (QED) is 0.811. The maximum Gasteiger partial charge on any atom is 0.123 e. The van der Waals surface area contributed by atoms with Crippen molar-refractivity contribution in [2.24, 2.45) is 0 Å². The Morgan fingerprint density at radius 2 is 2.10 bits per heavy atom. The van der Waals surface area contributed by atoms with E-state index in [1.54, 1.807) is 13.2 Å². The molecule has 0 bridgehead atoms. The summed E-state index contributed by atoms with van der Waals surface area (Å²) in [6.45, 7) is 6.58. The number of benzene rings is 1. The highest BCUT2D eigenvalue weighted by Gasteiger charge is 2.18. The first kappa shape index (κ1) is 16.1. The summed E-state index contributed by atoms with van der Waals surface area (Å²) in [7, 11) is 1.61. The molecule has 1 aromatic rings. The summed E-state index contributed by atoms with van der Waals surface area (Å²) in [6.07, 6.45) is 4.97. The Labute approximate surface area is 128 Å². The van der Waals surface area contributed by atoms with Crippen molar-refractivity contribution in [2.75, 3.05) is 26.7 Å². The highest BCUT2D eigenvalue weighted by atomic mass is 16.5. The third-order valence-electron chi connectivity index (χ3n) is 4.29. The standard InChI is InChI=1S/C17H28N2O2/c1-3-4-9-19-10-7-15(8-11-19)18-13-14-5-6-16(21-2)12-17(14)20/h5-6,12,15,18,20H,3-4,7-11,13H2,1-2H3. The number of hydrogen-bond acceptors (Lipinski definition) is 4. The first-order valence-electron chi connectivity index (χ1n) is 8.04. The van der Waals surface area contributed by atoms with Gasteiger partial charge in [-0.05, 0) is 45.0 Å². The lowest BCUT2D eigenvalue weighted by molar-refractivity contribution is 0.195. The molecule has 0 unspecified atom stereocenters. The molecule has 0 saturated carbocycles. The molecular weight excluding hydrogens is 264 g/mol. The van der Waals surface area contributed by atoms with Gasteiger partial charge in [-0.3, -0.25) is 0 Å². The molecule has 2 rings (SSSR count). The smallest absolute Gasteiger partial charge is 0.123 e. The number of nitrogens with one attached hydrogen (secondary N) is 1. The lowest BCUT2D eigenvalue weighted by Crippen LogP contribution is -2.42. The summed E-state index contributed by atoms with van der Waals surface area (Å²) < 4.78 is 5.10. The number of likely N-dealkylation sites (tertiary alicyclic amines) is 1. The van der Waals surface area contributed by atoms with Crippen LogP contribution in [-0.4, -0.2) is 42.8 Å². The van der Waals surface area contributed by atoms with Gasteiger partial charge in [-0.25, -0.2) is 0 Å². The minimum Gasteiger partial charge on any atom is -0.507 e. The van der Waals surface area contributed by atoms with Crippen molar-refractivity contribution in [3.05, 3.63) is 23.8 Å². The Kier molecular flexibility index (Phi) is 6.33. The van der Waals surface area contributed by atoms with Crippen LogP contribution in [0.15, 0.2) is 18.2 Å². The molecule has 4 nitrogen and oxygen atoms in total. The molecule has 1 aliphatic rings. The van der Waals surface area contributed by atoms with Gasteiger partial charge in [0.25, 0.3) is 0 Å². The summed E-state index contributed by atoms with van der Waals surface area (Å²) in [5.74, 6) is 1.00. The molecule has 1 heterocycles. The van der Waals surface area contributed by atoms with Crippen LogP contribution in [0.25, 0.3) is 0 Å². The molecule has 1 fully saturated rings. The Morgan fingerprint density at radius 1 is 1.33 bits per heavy atom. The van der Waals surface area contributed by atoms with Crippen LogP contribution in [0.5, 0.6) is 11.5 Å². The molecule has 0 radical (unpaired) electrons. The van der Waals surface area contributed by atoms with Crippen LogP contribution in [0.2, 0.25) is 0 Å². The summed E-state index contributed by atoms with van der Waals surface area (Å²) in [6, 6.07) is 6.05. The molecule has 1 aromatic carbocycles. The molecule has 4 heteroatoms. The Bertz CT molecular complexity index is 429. The molecular formula is C17H28N2O2. The normalized spacial score (nSPS) is 17.0. The minimum atomic E-state index is 0.308. The second-order valence-corrected chi connectivity index (χ2v) is 5.85. The third kappa shape index (κ3) is 4.90. The Morgan fingerprint density at radius 3 is 2.71 bits per heavy atom. The van der Waals surface area contributed by atoms with E-state index in [4.69, 9.17) is 4.74 Å². The topological polar surface area (TPSA) is 44.7 Å². The van der Waals surface area contributed by atoms with Crippen LogP contribution in [0.3, 0.4) is 0 Å². The highest BCUT2D eigenvalue weighted by Crippen LogP contribution is 2.23. The van der Waals surface area contributed by atoms with Gasteiger partial charge in [0.05, 0.1) is 7.11 Å². The number of phenolic OH excluding ortho intramolecular Hbond substituents is 1. The molecule has 0 aromatic heterocycles. The zero-order valence-corrected chi connectivity index (χ0v) is 13.3. The van der Waals surface area contributed by atoms with Gasteiger partial charge in [-0.1, -0.05) is 19.4 Å². The molecule has 1 saturated heterocycles. The first-order chi connectivity index (χ1) is 10.2. The number of aromatic hydroxyl groups is 1. The van der Waals surface area contributed by atoms with Crippen molar-refractivity contribution < 1.29 is 9.84 Å². The van der Waals surface area contributed by atoms with E-state index < -0.39 is 0 Å². The number of piperidine rings is 1. The maximum atomic E-state index is 9.96. The molecule has 0 atom stereocenters. The van der Waals surface area contributed by atoms with Crippen molar-refractivity contribution in [2.45, 2.75) is 45.2 Å². The zero-order valence-electron chi connectivity index (χ0n) is 13.3. The van der Waals surface area contributed by atoms with Gasteiger partial charge >= 0.3 is 0 Å². The Hall–Kier alpha value is -1.26. The fourth-order valence-electron chi connectivity index (χ4n) is 2.82. The Balaban J connectivity index is 1.74. The summed E-state index contributed by atoms with van der Waals surface area (Å²) >= 11 is 0. The minimum absolute atomic E-state index is 0.308. The summed E-state index contributed by atoms with van der Waals surface area (Å²) in [5, 5.41) is 13.5. The highest BCUT2D eigenvalue weighted by molar-refractivity contribution is 5.39. The number of hydrogen-bond donors (Lipinski definition) is 2. The van der Waals surface area contributed by atoms with Crippen LogP contribution in [0.4, 0.5) is 0 Å². The predicted molar refractivity (Wildman–Crippen MR) is 85.9 cm³/mol. The lowest BCUT2D eigenvalue weighted by Gasteiger charge is -2.32. The second kappa shape index (κ2) is 8.25. The average molecular weight is 292 g/mol. The maximum absolute atomic E-state index is 9.96. The second-order valence-electron chi connectivity index (χ2n) is 5.85. The fourth-order valence-corrected chi connectivity index (χ4v) is 2.82. The zero-order chi connectivity index (χ0) is 15.1. The molecule has 0 spiro atoms. The van der Waals surface area contributed by atoms with Gasteiger partial charge in [0.1, 0.15) is 11.5 Å². The number of methoxy groups -OCH3 is 1. The van der Waals surface area contributed by atoms with Gasteiger partial charge in [-0.15, -0.1) is 0 Å². The number of rotatable bonds is 7. The van der Waals surface area contributed by atoms with E-state index in [-0.39, 0.29) is 0 Å². The molecule has 1 aliphatic heterocycles. The van der Waals surface area contributed by atoms with Gasteiger partial charge in [0.15, 0.2) is 0 Å². The van der Waals surface area contributed by atoms with Crippen molar-refractivity contribution in [1.82, 2.24) is 10.2 Å². The van der Waals surface area contributed by atoms with E-state index in [0.29, 0.717) is 17.5 Å². The summed E-state index contributed by atoms with van der Waals surface area (Å²) in [4.78, 5) is 2.56. The molecule has 2 N–H and O–H groups in total. The monoisotopic (exact) mass is 292 g/mol. The van der Waals surface area contributed by atoms with Gasteiger partial charge in [-0.2, -0.15) is 0 Å². The van der Waals surface area contributed by atoms with E-state index in [2.05, 4.69) is 17.1 Å². The SMILES string of the molecule is CCCCN1CCC(NCc2ccc(OC)cc2O)CC1. The van der Waals surface area contributed by atoms with Gasteiger partial charge < -0.3 is 20.1 Å². The largest absolute Gasteiger partial charge is 0.507 e. The first-order valence-corrected chi connectivity index (χ1v) is 8.04. The lowest BCUT2D eigenvalue weighted by atomic mass is 10.0. The van der Waals surface area contributed by atoms with E-state index in [0.717, 1.165) is 12.1 Å². The van der Waals surface area contributed by atoms with Gasteiger partial charge in [0.2, 0.25) is 0 Å².